The van der Waals surface area contributed by atoms with Crippen molar-refractivity contribution in [2.75, 3.05) is 16.8 Å². The van der Waals surface area contributed by atoms with Crippen molar-refractivity contribution in [3.05, 3.63) is 94.8 Å². The third kappa shape index (κ3) is 4.40. The summed E-state index contributed by atoms with van der Waals surface area (Å²) < 4.78 is 5.43. The van der Waals surface area contributed by atoms with Gasteiger partial charge in [-0.05, 0) is 80.3 Å². The van der Waals surface area contributed by atoms with Gasteiger partial charge in [0, 0.05) is 34.9 Å². The van der Waals surface area contributed by atoms with E-state index in [1.165, 1.54) is 24.9 Å². The second kappa shape index (κ2) is 8.94. The monoisotopic (exact) mass is 438 g/mol. The van der Waals surface area contributed by atoms with Gasteiger partial charge in [-0.25, -0.2) is 4.79 Å². The highest BCUT2D eigenvalue weighted by molar-refractivity contribution is 6.04. The summed E-state index contributed by atoms with van der Waals surface area (Å²) in [7, 11) is 0. The van der Waals surface area contributed by atoms with E-state index in [0.29, 0.717) is 28.3 Å². The maximum atomic E-state index is 12.7. The molecule has 0 saturated carbocycles. The lowest BCUT2D eigenvalue weighted by molar-refractivity contribution is 0.102. The van der Waals surface area contributed by atoms with Crippen molar-refractivity contribution in [1.29, 1.82) is 0 Å². The topological polar surface area (TPSA) is 62.6 Å². The molecule has 2 heterocycles. The Labute approximate surface area is 192 Å². The van der Waals surface area contributed by atoms with Crippen LogP contribution in [0.5, 0.6) is 0 Å². The van der Waals surface area contributed by atoms with E-state index in [4.69, 9.17) is 4.42 Å². The minimum absolute atomic E-state index is 0.189. The Morgan fingerprint density at radius 1 is 0.970 bits per heavy atom. The number of para-hydroxylation sites is 1. The molecule has 166 valence electrons. The lowest BCUT2D eigenvalue weighted by Crippen LogP contribution is -2.37. The molecule has 0 spiro atoms. The van der Waals surface area contributed by atoms with Gasteiger partial charge in [-0.15, -0.1) is 0 Å². The van der Waals surface area contributed by atoms with Crippen molar-refractivity contribution in [2.24, 2.45) is 0 Å². The van der Waals surface area contributed by atoms with Crippen LogP contribution >= 0.6 is 0 Å². The second-order valence-corrected chi connectivity index (χ2v) is 8.60. The van der Waals surface area contributed by atoms with E-state index in [2.05, 4.69) is 29.3 Å². The minimum Gasteiger partial charge on any atom is -0.422 e. The maximum Gasteiger partial charge on any atom is 0.344 e. The molecule has 5 heteroatoms. The molecule has 1 amide bonds. The van der Waals surface area contributed by atoms with Gasteiger partial charge in [0.15, 0.2) is 0 Å². The molecular formula is C28H26N2O3. The van der Waals surface area contributed by atoms with Gasteiger partial charge in [0.1, 0.15) is 5.58 Å². The highest BCUT2D eigenvalue weighted by atomic mass is 16.4. The summed E-state index contributed by atoms with van der Waals surface area (Å²) in [5, 5.41) is 3.81. The first-order chi connectivity index (χ1) is 16.1. The molecule has 1 N–H and O–H groups in total. The quantitative estimate of drug-likeness (QED) is 0.392. The number of amides is 1. The predicted octanol–water partition coefficient (Wildman–Crippen LogP) is 6.09. The molecule has 0 bridgehead atoms. The van der Waals surface area contributed by atoms with E-state index in [1.54, 1.807) is 30.3 Å². The van der Waals surface area contributed by atoms with Crippen LogP contribution in [0.1, 0.15) is 36.5 Å². The van der Waals surface area contributed by atoms with Crippen molar-refractivity contribution in [3.63, 3.8) is 0 Å². The predicted molar refractivity (Wildman–Crippen MR) is 133 cm³/mol. The fourth-order valence-corrected chi connectivity index (χ4v) is 4.49. The van der Waals surface area contributed by atoms with E-state index >= 15 is 0 Å². The fourth-order valence-electron chi connectivity index (χ4n) is 4.49. The van der Waals surface area contributed by atoms with Crippen molar-refractivity contribution < 1.29 is 9.21 Å². The number of hydrogen-bond donors (Lipinski definition) is 1. The number of fused-ring (bicyclic) bond motifs is 1. The van der Waals surface area contributed by atoms with Crippen LogP contribution in [0.25, 0.3) is 22.1 Å². The molecule has 1 saturated heterocycles. The number of rotatable bonds is 4. The molecule has 33 heavy (non-hydrogen) atoms. The highest BCUT2D eigenvalue weighted by Gasteiger charge is 2.18. The Morgan fingerprint density at radius 2 is 1.73 bits per heavy atom. The molecule has 5 nitrogen and oxygen atoms in total. The minimum atomic E-state index is -0.394. The standard InChI is InChI=1S/C28H26N2O3/c1-19-6-4-5-17-30(19)24-15-13-23(14-16-24)29-27(31)21-11-9-20(10-12-21)25-18-22-7-2-3-8-26(22)33-28(25)32/h2-3,7-16,18-19H,4-6,17H2,1H3,(H,29,31)/t19-/m0/s1. The average molecular weight is 439 g/mol. The summed E-state index contributed by atoms with van der Waals surface area (Å²) >= 11 is 0. The number of anilines is 2. The Morgan fingerprint density at radius 3 is 2.48 bits per heavy atom. The summed E-state index contributed by atoms with van der Waals surface area (Å²) in [6.07, 6.45) is 3.73. The molecule has 1 aliphatic rings. The molecule has 3 aromatic carbocycles. The SMILES string of the molecule is C[C@H]1CCCCN1c1ccc(NC(=O)c2ccc(-c3cc4ccccc4oc3=O)cc2)cc1. The zero-order valence-electron chi connectivity index (χ0n) is 18.6. The Hall–Kier alpha value is -3.86. The first-order valence-electron chi connectivity index (χ1n) is 11.4. The smallest absolute Gasteiger partial charge is 0.344 e. The lowest BCUT2D eigenvalue weighted by atomic mass is 10.0. The molecule has 1 aliphatic heterocycles. The molecule has 1 atom stereocenters. The van der Waals surface area contributed by atoms with Gasteiger partial charge in [-0.2, -0.15) is 0 Å². The molecule has 0 unspecified atom stereocenters. The number of hydrogen-bond acceptors (Lipinski definition) is 4. The maximum absolute atomic E-state index is 12.7. The van der Waals surface area contributed by atoms with Gasteiger partial charge in [0.25, 0.3) is 5.91 Å². The largest absolute Gasteiger partial charge is 0.422 e. The average Bonchev–Trinajstić information content (AvgIpc) is 2.84. The fraction of sp³-hybridized carbons (Fsp3) is 0.214. The highest BCUT2D eigenvalue weighted by Crippen LogP contribution is 2.26. The van der Waals surface area contributed by atoms with E-state index in [0.717, 1.165) is 17.6 Å². The number of piperidine rings is 1. The first kappa shape index (κ1) is 21.0. The van der Waals surface area contributed by atoms with Gasteiger partial charge in [0.05, 0.1) is 5.56 Å². The van der Waals surface area contributed by atoms with Gasteiger partial charge in [-0.1, -0.05) is 30.3 Å². The van der Waals surface area contributed by atoms with E-state index < -0.39 is 5.63 Å². The Balaban J connectivity index is 1.30. The van der Waals surface area contributed by atoms with Crippen LogP contribution in [-0.2, 0) is 0 Å². The molecule has 1 fully saturated rings. The summed E-state index contributed by atoms with van der Waals surface area (Å²) in [4.78, 5) is 27.6. The number of carbonyl (C=O) groups excluding carboxylic acids is 1. The molecule has 0 aliphatic carbocycles. The lowest BCUT2D eigenvalue weighted by Gasteiger charge is -2.35. The Bertz CT molecular complexity index is 1340. The van der Waals surface area contributed by atoms with Crippen LogP contribution < -0.4 is 15.8 Å². The van der Waals surface area contributed by atoms with Crippen LogP contribution in [0.15, 0.2) is 88.1 Å². The summed E-state index contributed by atoms with van der Waals surface area (Å²) in [5.74, 6) is -0.189. The van der Waals surface area contributed by atoms with Gasteiger partial charge in [0.2, 0.25) is 0 Å². The molecular weight excluding hydrogens is 412 g/mol. The van der Waals surface area contributed by atoms with Crippen molar-refractivity contribution in [3.8, 4) is 11.1 Å². The molecule has 5 rings (SSSR count). The van der Waals surface area contributed by atoms with Gasteiger partial charge < -0.3 is 14.6 Å². The summed E-state index contributed by atoms with van der Waals surface area (Å²) in [6, 6.07) is 24.8. The second-order valence-electron chi connectivity index (χ2n) is 8.60. The number of carbonyl (C=O) groups is 1. The first-order valence-corrected chi connectivity index (χ1v) is 11.4. The van der Waals surface area contributed by atoms with E-state index in [9.17, 15) is 9.59 Å². The summed E-state index contributed by atoms with van der Waals surface area (Å²) in [6.45, 7) is 3.34. The van der Waals surface area contributed by atoms with Crippen LogP contribution in [0.4, 0.5) is 11.4 Å². The third-order valence-electron chi connectivity index (χ3n) is 6.36. The Kier molecular flexibility index (Phi) is 5.69. The van der Waals surface area contributed by atoms with E-state index in [-0.39, 0.29) is 5.91 Å². The molecule has 4 aromatic rings. The van der Waals surface area contributed by atoms with Gasteiger partial charge in [-0.3, -0.25) is 4.79 Å². The van der Waals surface area contributed by atoms with Crippen LogP contribution in [-0.4, -0.2) is 18.5 Å². The molecule has 0 radical (unpaired) electrons. The number of nitrogens with zero attached hydrogens (tertiary/aromatic N) is 1. The number of nitrogens with one attached hydrogen (secondary N) is 1. The zero-order chi connectivity index (χ0) is 22.8. The van der Waals surface area contributed by atoms with Crippen LogP contribution in [0.2, 0.25) is 0 Å². The zero-order valence-corrected chi connectivity index (χ0v) is 18.6. The van der Waals surface area contributed by atoms with Crippen molar-refractivity contribution >= 4 is 28.3 Å². The number of benzene rings is 3. The molecule has 1 aromatic heterocycles. The van der Waals surface area contributed by atoms with Crippen LogP contribution in [0, 0.1) is 0 Å². The van der Waals surface area contributed by atoms with Crippen molar-refractivity contribution in [1.82, 2.24) is 0 Å². The van der Waals surface area contributed by atoms with Crippen molar-refractivity contribution in [2.45, 2.75) is 32.2 Å². The van der Waals surface area contributed by atoms with E-state index in [1.807, 2.05) is 36.4 Å². The third-order valence-corrected chi connectivity index (χ3v) is 6.36. The van der Waals surface area contributed by atoms with Gasteiger partial charge >= 0.3 is 5.63 Å². The summed E-state index contributed by atoms with van der Waals surface area (Å²) in [5.41, 5.74) is 3.83. The van der Waals surface area contributed by atoms with Crippen LogP contribution in [0.3, 0.4) is 0 Å². The normalized spacial score (nSPS) is 16.0.